The van der Waals surface area contributed by atoms with Crippen molar-refractivity contribution in [3.8, 4) is 28.0 Å². The lowest BCUT2D eigenvalue weighted by molar-refractivity contribution is 0.185. The molecule has 128 valence electrons. The zero-order valence-electron chi connectivity index (χ0n) is 14.5. The summed E-state index contributed by atoms with van der Waals surface area (Å²) >= 11 is 0. The third-order valence-corrected chi connectivity index (χ3v) is 4.30. The molecule has 0 unspecified atom stereocenters. The lowest BCUT2D eigenvalue weighted by atomic mass is 9.91. The number of nitrogen functional groups attached to an aromatic ring is 1. The Kier molecular flexibility index (Phi) is 5.00. The summed E-state index contributed by atoms with van der Waals surface area (Å²) in [5.41, 5.74) is 12.5. The largest absolute Gasteiger partial charge is 0.508 e. The third kappa shape index (κ3) is 3.49. The van der Waals surface area contributed by atoms with Gasteiger partial charge < -0.3 is 15.6 Å². The molecule has 0 saturated carbocycles. The van der Waals surface area contributed by atoms with E-state index in [1.165, 1.54) is 0 Å². The number of anilines is 1. The molecule has 0 aliphatic carbocycles. The molecule has 0 saturated heterocycles. The number of ether oxygens (including phenoxy) is 1. The summed E-state index contributed by atoms with van der Waals surface area (Å²) in [4.78, 5) is 4.41. The lowest BCUT2D eigenvalue weighted by Gasteiger charge is -2.16. The zero-order valence-corrected chi connectivity index (χ0v) is 14.5. The van der Waals surface area contributed by atoms with Crippen molar-refractivity contribution in [3.63, 3.8) is 0 Å². The number of nitrogens with two attached hydrogens (primary N) is 1. The van der Waals surface area contributed by atoms with Gasteiger partial charge >= 0.3 is 0 Å². The van der Waals surface area contributed by atoms with Crippen LogP contribution in [0.2, 0.25) is 0 Å². The van der Waals surface area contributed by atoms with Crippen LogP contribution in [0.25, 0.3) is 22.3 Å². The summed E-state index contributed by atoms with van der Waals surface area (Å²) in [5.74, 6) is 0.776. The molecule has 25 heavy (non-hydrogen) atoms. The number of rotatable bonds is 5. The lowest BCUT2D eigenvalue weighted by Crippen LogP contribution is -2.01. The average Bonchev–Trinajstić information content (AvgIpc) is 2.63. The van der Waals surface area contributed by atoms with E-state index in [4.69, 9.17) is 10.5 Å². The molecule has 0 bridgehead atoms. The minimum atomic E-state index is 0.249. The number of benzene rings is 2. The maximum absolute atomic E-state index is 9.53. The van der Waals surface area contributed by atoms with Gasteiger partial charge in [0.1, 0.15) is 11.6 Å². The smallest absolute Gasteiger partial charge is 0.131 e. The molecule has 1 aromatic heterocycles. The highest BCUT2D eigenvalue weighted by Gasteiger charge is 2.15. The van der Waals surface area contributed by atoms with Gasteiger partial charge in [0, 0.05) is 24.4 Å². The predicted octanol–water partition coefficient (Wildman–Crippen LogP) is 4.41. The molecule has 0 aliphatic rings. The fraction of sp³-hybridized carbons (Fsp3) is 0.190. The first-order valence-corrected chi connectivity index (χ1v) is 8.29. The van der Waals surface area contributed by atoms with Gasteiger partial charge in [-0.05, 0) is 40.8 Å². The van der Waals surface area contributed by atoms with Gasteiger partial charge in [-0.15, -0.1) is 0 Å². The summed E-state index contributed by atoms with van der Waals surface area (Å²) in [6.07, 6.45) is 2.64. The zero-order chi connectivity index (χ0) is 17.8. The van der Waals surface area contributed by atoms with Crippen LogP contribution in [-0.2, 0) is 17.8 Å². The Balaban J connectivity index is 2.12. The average molecular weight is 334 g/mol. The second-order valence-corrected chi connectivity index (χ2v) is 5.94. The molecule has 3 aromatic rings. The van der Waals surface area contributed by atoms with Crippen molar-refractivity contribution in [2.45, 2.75) is 20.0 Å². The van der Waals surface area contributed by atoms with Crippen molar-refractivity contribution in [2.75, 3.05) is 12.8 Å². The van der Waals surface area contributed by atoms with Crippen LogP contribution in [0.3, 0.4) is 0 Å². The number of phenolic OH excluding ortho intramolecular Hbond substituents is 1. The Bertz CT molecular complexity index is 856. The Morgan fingerprint density at radius 1 is 1.00 bits per heavy atom. The molecule has 1 heterocycles. The molecule has 4 heteroatoms. The van der Waals surface area contributed by atoms with E-state index in [-0.39, 0.29) is 5.75 Å². The van der Waals surface area contributed by atoms with Gasteiger partial charge in [-0.2, -0.15) is 0 Å². The molecular weight excluding hydrogens is 312 g/mol. The monoisotopic (exact) mass is 334 g/mol. The topological polar surface area (TPSA) is 68.4 Å². The minimum Gasteiger partial charge on any atom is -0.508 e. The van der Waals surface area contributed by atoms with Crippen molar-refractivity contribution >= 4 is 5.82 Å². The number of phenols is 1. The van der Waals surface area contributed by atoms with Gasteiger partial charge in [0.15, 0.2) is 0 Å². The number of hydrogen-bond acceptors (Lipinski definition) is 4. The Hall–Kier alpha value is -2.85. The summed E-state index contributed by atoms with van der Waals surface area (Å²) < 4.78 is 5.17. The number of pyridine rings is 1. The number of hydrogen-bond donors (Lipinski definition) is 2. The van der Waals surface area contributed by atoms with E-state index in [1.54, 1.807) is 19.2 Å². The highest BCUT2D eigenvalue weighted by molar-refractivity contribution is 5.84. The van der Waals surface area contributed by atoms with Gasteiger partial charge in [-0.25, -0.2) is 4.98 Å². The van der Waals surface area contributed by atoms with E-state index < -0.39 is 0 Å². The number of methoxy groups -OCH3 is 1. The van der Waals surface area contributed by atoms with E-state index in [0.29, 0.717) is 12.4 Å². The molecule has 3 N–H and O–H groups in total. The van der Waals surface area contributed by atoms with Crippen LogP contribution >= 0.6 is 0 Å². The minimum absolute atomic E-state index is 0.249. The third-order valence-electron chi connectivity index (χ3n) is 4.30. The van der Waals surface area contributed by atoms with Gasteiger partial charge in [0.2, 0.25) is 0 Å². The predicted molar refractivity (Wildman–Crippen MR) is 101 cm³/mol. The molecular formula is C21H22N2O2. The molecule has 0 spiro atoms. The number of nitrogens with zero attached hydrogens (tertiary/aromatic N) is 1. The maximum Gasteiger partial charge on any atom is 0.131 e. The standard InChI is InChI=1S/C21H22N2O2/c1-3-18-19(15-8-10-17(24)11-9-15)12-23-21(22)20(18)16-6-4-14(5-7-16)13-25-2/h4-12,24H,3,13H2,1-2H3,(H2,22,23). The van der Waals surface area contributed by atoms with Crippen molar-refractivity contribution in [1.82, 2.24) is 4.98 Å². The first-order chi connectivity index (χ1) is 12.1. The molecule has 0 amide bonds. The van der Waals surface area contributed by atoms with Crippen molar-refractivity contribution < 1.29 is 9.84 Å². The molecule has 0 aliphatic heterocycles. The van der Waals surface area contributed by atoms with Gasteiger partial charge in [-0.1, -0.05) is 43.3 Å². The molecule has 3 rings (SSSR count). The van der Waals surface area contributed by atoms with E-state index in [2.05, 4.69) is 24.0 Å². The first-order valence-electron chi connectivity index (χ1n) is 8.29. The molecule has 0 radical (unpaired) electrons. The quantitative estimate of drug-likeness (QED) is 0.725. The second-order valence-electron chi connectivity index (χ2n) is 5.94. The maximum atomic E-state index is 9.53. The van der Waals surface area contributed by atoms with Crippen LogP contribution in [0.4, 0.5) is 5.82 Å². The Morgan fingerprint density at radius 3 is 2.24 bits per heavy atom. The van der Waals surface area contributed by atoms with Crippen LogP contribution < -0.4 is 5.73 Å². The van der Waals surface area contributed by atoms with E-state index in [0.717, 1.165) is 39.8 Å². The van der Waals surface area contributed by atoms with E-state index >= 15 is 0 Å². The summed E-state index contributed by atoms with van der Waals surface area (Å²) in [6.45, 7) is 2.70. The van der Waals surface area contributed by atoms with Gasteiger partial charge in [-0.3, -0.25) is 0 Å². The van der Waals surface area contributed by atoms with Crippen LogP contribution in [0, 0.1) is 0 Å². The summed E-state index contributed by atoms with van der Waals surface area (Å²) in [6, 6.07) is 15.4. The molecule has 4 nitrogen and oxygen atoms in total. The van der Waals surface area contributed by atoms with Crippen molar-refractivity contribution in [2.24, 2.45) is 0 Å². The van der Waals surface area contributed by atoms with Crippen molar-refractivity contribution in [3.05, 3.63) is 65.9 Å². The van der Waals surface area contributed by atoms with E-state index in [9.17, 15) is 5.11 Å². The SMILES string of the molecule is CCc1c(-c2ccc(O)cc2)cnc(N)c1-c1ccc(COC)cc1. The van der Waals surface area contributed by atoms with Crippen LogP contribution in [0.5, 0.6) is 5.75 Å². The van der Waals surface area contributed by atoms with Gasteiger partial charge in [0.25, 0.3) is 0 Å². The number of aromatic nitrogens is 1. The van der Waals surface area contributed by atoms with Gasteiger partial charge in [0.05, 0.1) is 6.61 Å². The van der Waals surface area contributed by atoms with Crippen molar-refractivity contribution in [1.29, 1.82) is 0 Å². The first kappa shape index (κ1) is 17.0. The van der Waals surface area contributed by atoms with Crippen LogP contribution in [-0.4, -0.2) is 17.2 Å². The van der Waals surface area contributed by atoms with Crippen LogP contribution in [0.1, 0.15) is 18.1 Å². The molecule has 2 aromatic carbocycles. The fourth-order valence-electron chi connectivity index (χ4n) is 3.08. The second kappa shape index (κ2) is 7.36. The Morgan fingerprint density at radius 2 is 1.64 bits per heavy atom. The number of aromatic hydroxyl groups is 1. The van der Waals surface area contributed by atoms with E-state index in [1.807, 2.05) is 30.5 Å². The molecule has 0 atom stereocenters. The Labute approximate surface area is 147 Å². The fourth-order valence-corrected chi connectivity index (χ4v) is 3.08. The highest BCUT2D eigenvalue weighted by atomic mass is 16.5. The molecule has 0 fully saturated rings. The summed E-state index contributed by atoms with van der Waals surface area (Å²) in [5, 5.41) is 9.53. The normalized spacial score (nSPS) is 10.8. The van der Waals surface area contributed by atoms with Crippen LogP contribution in [0.15, 0.2) is 54.7 Å². The summed E-state index contributed by atoms with van der Waals surface area (Å²) in [7, 11) is 1.69. The highest BCUT2D eigenvalue weighted by Crippen LogP contribution is 2.36.